The minimum atomic E-state index is -1.21. The lowest BCUT2D eigenvalue weighted by molar-refractivity contribution is -0.190. The van der Waals surface area contributed by atoms with Gasteiger partial charge in [-0.2, -0.15) is 5.01 Å². The summed E-state index contributed by atoms with van der Waals surface area (Å²) in [5.41, 5.74) is 2.01. The minimum absolute atomic E-state index is 0.000385. The van der Waals surface area contributed by atoms with Crippen molar-refractivity contribution >= 4 is 23.8 Å². The van der Waals surface area contributed by atoms with Gasteiger partial charge in [-0.3, -0.25) is 14.4 Å². The predicted molar refractivity (Wildman–Crippen MR) is 139 cm³/mol. The summed E-state index contributed by atoms with van der Waals surface area (Å²) in [4.78, 5) is 54.6. The van der Waals surface area contributed by atoms with E-state index in [2.05, 4.69) is 11.2 Å². The van der Waals surface area contributed by atoms with Crippen molar-refractivity contribution < 1.29 is 24.3 Å². The number of carboxylic acid groups (broad SMARTS) is 1. The van der Waals surface area contributed by atoms with Crippen LogP contribution in [-0.4, -0.2) is 87.1 Å². The zero-order chi connectivity index (χ0) is 27.1. The topological polar surface area (TPSA) is 114 Å². The second-order valence-corrected chi connectivity index (χ2v) is 9.28. The van der Waals surface area contributed by atoms with Crippen LogP contribution in [0.25, 0.3) is 0 Å². The Morgan fingerprint density at radius 1 is 1.03 bits per heavy atom. The molecule has 4 amide bonds. The standard InChI is InChI=1S/C28H31N5O5/c1-2-15-31-20-25(34)32-23(17-26(35)36)27(37)30(16-9-14-21-10-5-3-6-11-21)19-24(32)33(31)28(38)29-18-22-12-7-4-8-13-22/h1,3-8,10-13,23-24H,9,14-20H2,(H,29,38)(H,35,36)/t23-,24-/m0/s1. The van der Waals surface area contributed by atoms with Crippen LogP contribution in [0.2, 0.25) is 0 Å². The fourth-order valence-electron chi connectivity index (χ4n) is 4.98. The minimum Gasteiger partial charge on any atom is -0.481 e. The van der Waals surface area contributed by atoms with Gasteiger partial charge in [0.2, 0.25) is 11.8 Å². The Balaban J connectivity index is 1.58. The molecular formula is C28H31N5O5. The third-order valence-electron chi connectivity index (χ3n) is 6.70. The molecule has 0 saturated carbocycles. The Bertz CT molecular complexity index is 1200. The molecule has 2 fully saturated rings. The summed E-state index contributed by atoms with van der Waals surface area (Å²) in [6.07, 6.45) is 5.48. The summed E-state index contributed by atoms with van der Waals surface area (Å²) in [6, 6.07) is 17.5. The molecule has 4 rings (SSSR count). The Kier molecular flexibility index (Phi) is 8.61. The first-order valence-corrected chi connectivity index (χ1v) is 12.5. The number of aryl methyl sites for hydroxylation is 1. The highest BCUT2D eigenvalue weighted by Crippen LogP contribution is 2.28. The number of carboxylic acids is 1. The fourth-order valence-corrected chi connectivity index (χ4v) is 4.98. The molecule has 10 nitrogen and oxygen atoms in total. The van der Waals surface area contributed by atoms with Gasteiger partial charge in [0.15, 0.2) is 0 Å². The van der Waals surface area contributed by atoms with E-state index >= 15 is 0 Å². The number of amides is 4. The summed E-state index contributed by atoms with van der Waals surface area (Å²) in [6.45, 7) is 0.419. The number of aliphatic carboxylic acids is 1. The van der Waals surface area contributed by atoms with Crippen LogP contribution in [0, 0.1) is 12.3 Å². The number of benzene rings is 2. The SMILES string of the molecule is C#CCN1CC(=O)N2[C@@H](CC(=O)O)C(=O)N(CCCc3ccccc3)C[C@@H]2N1C(=O)NCc1ccccc1. The van der Waals surface area contributed by atoms with Crippen molar-refractivity contribution in [2.45, 2.75) is 38.0 Å². The average molecular weight is 518 g/mol. The fraction of sp³-hybridized carbons (Fsp3) is 0.357. The first-order chi connectivity index (χ1) is 18.4. The number of carbonyl (C=O) groups is 4. The summed E-state index contributed by atoms with van der Waals surface area (Å²) < 4.78 is 0. The number of nitrogens with zero attached hydrogens (tertiary/aromatic N) is 4. The van der Waals surface area contributed by atoms with Crippen molar-refractivity contribution in [1.82, 2.24) is 25.1 Å². The van der Waals surface area contributed by atoms with Crippen LogP contribution >= 0.6 is 0 Å². The van der Waals surface area contributed by atoms with E-state index < -0.39 is 42.4 Å². The molecular weight excluding hydrogens is 486 g/mol. The third kappa shape index (κ3) is 6.12. The average Bonchev–Trinajstić information content (AvgIpc) is 2.90. The molecule has 0 spiro atoms. The van der Waals surface area contributed by atoms with Crippen LogP contribution in [0.1, 0.15) is 24.0 Å². The van der Waals surface area contributed by atoms with Gasteiger partial charge < -0.3 is 20.2 Å². The molecule has 2 aliphatic heterocycles. The van der Waals surface area contributed by atoms with Gasteiger partial charge in [0.1, 0.15) is 12.2 Å². The summed E-state index contributed by atoms with van der Waals surface area (Å²) in [7, 11) is 0. The molecule has 2 aliphatic rings. The van der Waals surface area contributed by atoms with Crippen molar-refractivity contribution in [3.05, 3.63) is 71.8 Å². The number of rotatable bonds is 9. The summed E-state index contributed by atoms with van der Waals surface area (Å²) in [5.74, 6) is 0.411. The largest absolute Gasteiger partial charge is 0.481 e. The van der Waals surface area contributed by atoms with E-state index in [0.717, 1.165) is 17.5 Å². The first kappa shape index (κ1) is 26.7. The van der Waals surface area contributed by atoms with E-state index in [0.29, 0.717) is 13.0 Å². The molecule has 2 saturated heterocycles. The number of hydrazine groups is 1. The van der Waals surface area contributed by atoms with Crippen molar-refractivity contribution in [2.75, 3.05) is 26.2 Å². The van der Waals surface area contributed by atoms with E-state index in [4.69, 9.17) is 6.42 Å². The van der Waals surface area contributed by atoms with E-state index in [1.54, 1.807) is 4.90 Å². The van der Waals surface area contributed by atoms with Crippen LogP contribution in [0.5, 0.6) is 0 Å². The zero-order valence-corrected chi connectivity index (χ0v) is 21.0. The lowest BCUT2D eigenvalue weighted by atomic mass is 10.0. The Morgan fingerprint density at radius 2 is 1.68 bits per heavy atom. The van der Waals surface area contributed by atoms with Gasteiger partial charge in [-0.15, -0.1) is 6.42 Å². The number of nitrogens with one attached hydrogen (secondary N) is 1. The molecule has 2 N–H and O–H groups in total. The van der Waals surface area contributed by atoms with Crippen LogP contribution in [0.4, 0.5) is 4.79 Å². The number of terminal acetylenes is 1. The molecule has 198 valence electrons. The van der Waals surface area contributed by atoms with Crippen LogP contribution in [0.3, 0.4) is 0 Å². The van der Waals surface area contributed by atoms with E-state index in [9.17, 15) is 24.3 Å². The van der Waals surface area contributed by atoms with Crippen LogP contribution < -0.4 is 5.32 Å². The molecule has 0 bridgehead atoms. The number of carbonyl (C=O) groups excluding carboxylic acids is 3. The number of urea groups is 1. The predicted octanol–water partition coefficient (Wildman–Crippen LogP) is 1.54. The molecule has 0 unspecified atom stereocenters. The maximum atomic E-state index is 13.5. The van der Waals surface area contributed by atoms with Gasteiger partial charge in [-0.25, -0.2) is 9.80 Å². The number of piperazine rings is 1. The highest BCUT2D eigenvalue weighted by molar-refractivity contribution is 5.93. The van der Waals surface area contributed by atoms with Gasteiger partial charge in [-0.05, 0) is 24.0 Å². The van der Waals surface area contributed by atoms with Crippen molar-refractivity contribution in [2.24, 2.45) is 0 Å². The third-order valence-corrected chi connectivity index (χ3v) is 6.70. The Labute approximate surface area is 221 Å². The van der Waals surface area contributed by atoms with E-state index in [1.165, 1.54) is 14.9 Å². The molecule has 38 heavy (non-hydrogen) atoms. The molecule has 2 aromatic carbocycles. The van der Waals surface area contributed by atoms with Crippen LogP contribution in [0.15, 0.2) is 60.7 Å². The maximum Gasteiger partial charge on any atom is 0.334 e. The quantitative estimate of drug-likeness (QED) is 0.488. The number of hydrogen-bond acceptors (Lipinski definition) is 5. The number of fused-ring (bicyclic) bond motifs is 1. The molecule has 2 heterocycles. The van der Waals surface area contributed by atoms with Gasteiger partial charge in [0.05, 0.1) is 26.1 Å². The van der Waals surface area contributed by atoms with Gasteiger partial charge in [0, 0.05) is 13.1 Å². The zero-order valence-electron chi connectivity index (χ0n) is 21.0. The lowest BCUT2D eigenvalue weighted by Crippen LogP contribution is -2.76. The lowest BCUT2D eigenvalue weighted by Gasteiger charge is -2.54. The second kappa shape index (κ2) is 12.3. The normalized spacial score (nSPS) is 19.6. The van der Waals surface area contributed by atoms with Gasteiger partial charge in [0.25, 0.3) is 0 Å². The maximum absolute atomic E-state index is 13.5. The smallest absolute Gasteiger partial charge is 0.334 e. The Morgan fingerprint density at radius 3 is 2.32 bits per heavy atom. The molecule has 10 heteroatoms. The molecule has 2 aromatic rings. The van der Waals surface area contributed by atoms with Crippen molar-refractivity contribution in [3.63, 3.8) is 0 Å². The second-order valence-electron chi connectivity index (χ2n) is 9.28. The molecule has 0 aliphatic carbocycles. The summed E-state index contributed by atoms with van der Waals surface area (Å²) in [5, 5.41) is 15.3. The first-order valence-electron chi connectivity index (χ1n) is 12.5. The van der Waals surface area contributed by atoms with Crippen molar-refractivity contribution in [1.29, 1.82) is 0 Å². The molecule has 2 atom stereocenters. The van der Waals surface area contributed by atoms with E-state index in [1.807, 2.05) is 60.7 Å². The van der Waals surface area contributed by atoms with Crippen LogP contribution in [-0.2, 0) is 27.3 Å². The highest BCUT2D eigenvalue weighted by atomic mass is 16.4. The van der Waals surface area contributed by atoms with Crippen molar-refractivity contribution in [3.8, 4) is 12.3 Å². The highest BCUT2D eigenvalue weighted by Gasteiger charge is 2.51. The Hall–Kier alpha value is -4.36. The van der Waals surface area contributed by atoms with E-state index in [-0.39, 0.29) is 26.2 Å². The summed E-state index contributed by atoms with van der Waals surface area (Å²) >= 11 is 0. The van der Waals surface area contributed by atoms with Gasteiger partial charge in [-0.1, -0.05) is 66.6 Å². The molecule has 0 aromatic heterocycles. The molecule has 0 radical (unpaired) electrons. The van der Waals surface area contributed by atoms with Gasteiger partial charge >= 0.3 is 12.0 Å². The monoisotopic (exact) mass is 517 g/mol. The number of hydrogen-bond donors (Lipinski definition) is 2.